The summed E-state index contributed by atoms with van der Waals surface area (Å²) in [6.07, 6.45) is 13.5. The predicted octanol–water partition coefficient (Wildman–Crippen LogP) is 15.5. The lowest BCUT2D eigenvalue weighted by atomic mass is 9.78. The molecule has 0 spiro atoms. The predicted molar refractivity (Wildman–Crippen MR) is 233 cm³/mol. The highest BCUT2D eigenvalue weighted by molar-refractivity contribution is 5.92. The maximum Gasteiger partial charge on any atom is 0.0465 e. The quantitative estimate of drug-likeness (QED) is 0.166. The van der Waals surface area contributed by atoms with Gasteiger partial charge in [0.05, 0.1) is 0 Å². The van der Waals surface area contributed by atoms with Gasteiger partial charge < -0.3 is 4.90 Å². The van der Waals surface area contributed by atoms with E-state index >= 15 is 0 Å². The molecule has 2 fully saturated rings. The van der Waals surface area contributed by atoms with E-state index in [2.05, 4.69) is 160 Å². The highest BCUT2D eigenvalue weighted by Crippen LogP contribution is 2.55. The lowest BCUT2D eigenvalue weighted by Crippen LogP contribution is -2.18. The molecule has 0 amide bonds. The Kier molecular flexibility index (Phi) is 8.43. The molecule has 4 aliphatic rings. The maximum atomic E-state index is 2.51. The molecule has 10 rings (SSSR count). The van der Waals surface area contributed by atoms with Crippen LogP contribution in [0.2, 0.25) is 0 Å². The average molecular weight is 718 g/mol. The molecule has 2 saturated carbocycles. The average Bonchev–Trinajstić information content (AvgIpc) is 3.61. The third-order valence-electron chi connectivity index (χ3n) is 14.3. The number of rotatable bonds is 6. The molecule has 0 radical (unpaired) electrons. The fraction of sp³-hybridized carbons (Fsp3) is 0.333. The van der Waals surface area contributed by atoms with Crippen LogP contribution in [0.1, 0.15) is 137 Å². The van der Waals surface area contributed by atoms with Crippen LogP contribution in [0, 0.1) is 0 Å². The molecule has 6 aromatic rings. The van der Waals surface area contributed by atoms with Gasteiger partial charge in [-0.05, 0) is 147 Å². The highest BCUT2D eigenvalue weighted by atomic mass is 15.1. The third kappa shape index (κ3) is 5.72. The molecule has 276 valence electrons. The zero-order valence-electron chi connectivity index (χ0n) is 33.3. The Bertz CT molecular complexity index is 2320. The molecule has 0 saturated heterocycles. The van der Waals surface area contributed by atoms with Crippen LogP contribution in [0.3, 0.4) is 0 Å². The van der Waals surface area contributed by atoms with Gasteiger partial charge in [-0.25, -0.2) is 0 Å². The van der Waals surface area contributed by atoms with Gasteiger partial charge in [0.15, 0.2) is 0 Å². The first-order valence-electron chi connectivity index (χ1n) is 21.3. The Balaban J connectivity index is 1.05. The van der Waals surface area contributed by atoms with Gasteiger partial charge >= 0.3 is 0 Å². The van der Waals surface area contributed by atoms with Crippen LogP contribution in [0.5, 0.6) is 0 Å². The Morgan fingerprint density at radius 2 is 0.927 bits per heavy atom. The molecule has 6 aromatic carbocycles. The van der Waals surface area contributed by atoms with Crippen LogP contribution in [0.4, 0.5) is 17.1 Å². The van der Waals surface area contributed by atoms with Crippen molar-refractivity contribution in [2.24, 2.45) is 0 Å². The van der Waals surface area contributed by atoms with Crippen LogP contribution >= 0.6 is 0 Å². The molecular formula is C54H55N. The van der Waals surface area contributed by atoms with Crippen molar-refractivity contribution in [2.75, 3.05) is 4.90 Å². The zero-order valence-corrected chi connectivity index (χ0v) is 33.3. The molecule has 4 aliphatic carbocycles. The van der Waals surface area contributed by atoms with Crippen molar-refractivity contribution in [3.8, 4) is 33.4 Å². The molecule has 0 aliphatic heterocycles. The minimum absolute atomic E-state index is 0.00720. The number of benzene rings is 6. The Hall–Kier alpha value is -4.88. The largest absolute Gasteiger partial charge is 0.310 e. The smallest absolute Gasteiger partial charge is 0.0465 e. The molecular weight excluding hydrogens is 663 g/mol. The van der Waals surface area contributed by atoms with Crippen molar-refractivity contribution in [1.82, 2.24) is 0 Å². The maximum absolute atomic E-state index is 2.51. The third-order valence-corrected chi connectivity index (χ3v) is 14.3. The lowest BCUT2D eigenvalue weighted by Gasteiger charge is -2.30. The summed E-state index contributed by atoms with van der Waals surface area (Å²) in [5.74, 6) is 1.40. The van der Waals surface area contributed by atoms with Crippen LogP contribution in [0.15, 0.2) is 127 Å². The van der Waals surface area contributed by atoms with E-state index in [9.17, 15) is 0 Å². The summed E-state index contributed by atoms with van der Waals surface area (Å²) in [6.45, 7) is 9.63. The van der Waals surface area contributed by atoms with Gasteiger partial charge in [-0.15, -0.1) is 0 Å². The van der Waals surface area contributed by atoms with Gasteiger partial charge in [-0.2, -0.15) is 0 Å². The van der Waals surface area contributed by atoms with Gasteiger partial charge in [-0.1, -0.05) is 151 Å². The molecule has 0 unspecified atom stereocenters. The van der Waals surface area contributed by atoms with Crippen LogP contribution in [-0.2, 0) is 10.8 Å². The monoisotopic (exact) mass is 717 g/mol. The van der Waals surface area contributed by atoms with E-state index in [1.807, 2.05) is 0 Å². The standard InChI is InChI=1S/C54H55N/c1-53(2)49-21-12-11-18-45(49)48-34-40(26-33-50(48)53)44-19-13-20-47-46-32-31-43(35-51(46)54(3,4)52(44)47)55(41-27-22-38(23-28-41)36-14-7-5-8-15-36)42-29-24-39(25-30-42)37-16-9-6-10-17-37/h11-13,18-37H,5-10,14-17H2,1-4H3. The van der Waals surface area contributed by atoms with E-state index in [0.717, 1.165) is 0 Å². The first kappa shape index (κ1) is 34.6. The van der Waals surface area contributed by atoms with Crippen LogP contribution in [0.25, 0.3) is 33.4 Å². The minimum Gasteiger partial charge on any atom is -0.310 e. The summed E-state index contributed by atoms with van der Waals surface area (Å²) in [4.78, 5) is 2.51. The van der Waals surface area contributed by atoms with Gasteiger partial charge in [0.2, 0.25) is 0 Å². The summed E-state index contributed by atoms with van der Waals surface area (Å²) >= 11 is 0. The van der Waals surface area contributed by atoms with Gasteiger partial charge in [0.1, 0.15) is 0 Å². The second kappa shape index (κ2) is 13.4. The molecule has 1 nitrogen and oxygen atoms in total. The summed E-state index contributed by atoms with van der Waals surface area (Å²) < 4.78 is 0. The number of anilines is 3. The molecule has 0 aromatic heterocycles. The number of hydrogen-bond acceptors (Lipinski definition) is 1. The lowest BCUT2D eigenvalue weighted by molar-refractivity contribution is 0.443. The van der Waals surface area contributed by atoms with E-state index in [4.69, 9.17) is 0 Å². The van der Waals surface area contributed by atoms with Gasteiger partial charge in [-0.3, -0.25) is 0 Å². The van der Waals surface area contributed by atoms with Crippen molar-refractivity contribution in [3.63, 3.8) is 0 Å². The number of hydrogen-bond donors (Lipinski definition) is 0. The van der Waals surface area contributed by atoms with Crippen molar-refractivity contribution < 1.29 is 0 Å². The first-order chi connectivity index (χ1) is 26.8. The summed E-state index contributed by atoms with van der Waals surface area (Å²) in [6, 6.07) is 49.7. The number of nitrogens with zero attached hydrogens (tertiary/aromatic N) is 1. The van der Waals surface area contributed by atoms with Crippen LogP contribution in [-0.4, -0.2) is 0 Å². The molecule has 55 heavy (non-hydrogen) atoms. The summed E-state index contributed by atoms with van der Waals surface area (Å²) in [5.41, 5.74) is 20.4. The van der Waals surface area contributed by atoms with Crippen LogP contribution < -0.4 is 4.90 Å². The second-order valence-corrected chi connectivity index (χ2v) is 18.2. The summed E-state index contributed by atoms with van der Waals surface area (Å²) in [5, 5.41) is 0. The highest BCUT2D eigenvalue weighted by Gasteiger charge is 2.39. The fourth-order valence-electron chi connectivity index (χ4n) is 11.2. The molecule has 1 heteroatoms. The van der Waals surface area contributed by atoms with E-state index in [1.165, 1.54) is 148 Å². The molecule has 0 atom stereocenters. The van der Waals surface area contributed by atoms with Crippen molar-refractivity contribution in [1.29, 1.82) is 0 Å². The fourth-order valence-corrected chi connectivity index (χ4v) is 11.2. The van der Waals surface area contributed by atoms with E-state index in [-0.39, 0.29) is 10.8 Å². The van der Waals surface area contributed by atoms with Gasteiger partial charge in [0, 0.05) is 27.9 Å². The molecule has 0 heterocycles. The minimum atomic E-state index is -0.172. The topological polar surface area (TPSA) is 3.24 Å². The molecule has 0 N–H and O–H groups in total. The van der Waals surface area contributed by atoms with Crippen molar-refractivity contribution in [2.45, 2.75) is 115 Å². The normalized spacial score (nSPS) is 18.3. The van der Waals surface area contributed by atoms with Crippen molar-refractivity contribution in [3.05, 3.63) is 161 Å². The number of fused-ring (bicyclic) bond motifs is 6. The Morgan fingerprint density at radius 3 is 1.56 bits per heavy atom. The van der Waals surface area contributed by atoms with Gasteiger partial charge in [0.25, 0.3) is 0 Å². The van der Waals surface area contributed by atoms with Crippen molar-refractivity contribution >= 4 is 17.1 Å². The Morgan fingerprint density at radius 1 is 0.400 bits per heavy atom. The summed E-state index contributed by atoms with van der Waals surface area (Å²) in [7, 11) is 0. The SMILES string of the molecule is CC1(C)c2ccccc2-c2cc(-c3cccc4c3C(C)(C)c3cc(N(c5ccc(C6CCCCC6)cc5)c5ccc(C6CCCCC6)cc5)ccc3-4)ccc21. The Labute approximate surface area is 329 Å². The zero-order chi connectivity index (χ0) is 37.3. The van der Waals surface area contributed by atoms with E-state index < -0.39 is 0 Å². The first-order valence-corrected chi connectivity index (χ1v) is 21.3. The second-order valence-electron chi connectivity index (χ2n) is 18.2. The van der Waals surface area contributed by atoms with E-state index in [0.29, 0.717) is 11.8 Å². The van der Waals surface area contributed by atoms with E-state index in [1.54, 1.807) is 0 Å². The molecule has 0 bridgehead atoms.